The molecule has 27 heavy (non-hydrogen) atoms. The smallest absolute Gasteiger partial charge is 0.307 e. The van der Waals surface area contributed by atoms with E-state index in [4.69, 9.17) is 21.1 Å². The van der Waals surface area contributed by atoms with Gasteiger partial charge < -0.3 is 14.8 Å². The first kappa shape index (κ1) is 19.5. The van der Waals surface area contributed by atoms with Gasteiger partial charge in [-0.15, -0.1) is 11.8 Å². The summed E-state index contributed by atoms with van der Waals surface area (Å²) in [6, 6.07) is 10.9. The molecule has 0 aliphatic carbocycles. The Morgan fingerprint density at radius 1 is 1.19 bits per heavy atom. The van der Waals surface area contributed by atoms with Crippen molar-refractivity contribution in [3.63, 3.8) is 0 Å². The topological polar surface area (TPSA) is 64.6 Å². The number of nitrogens with one attached hydrogen (secondary N) is 1. The number of benzene rings is 2. The Balaban J connectivity index is 1.38. The van der Waals surface area contributed by atoms with Crippen molar-refractivity contribution in [3.05, 3.63) is 53.3 Å². The van der Waals surface area contributed by atoms with Crippen LogP contribution in [0.4, 0.5) is 10.1 Å². The van der Waals surface area contributed by atoms with E-state index in [2.05, 4.69) is 5.32 Å². The molecule has 0 saturated heterocycles. The van der Waals surface area contributed by atoms with Crippen molar-refractivity contribution in [3.8, 4) is 5.75 Å². The van der Waals surface area contributed by atoms with E-state index in [9.17, 15) is 14.0 Å². The van der Waals surface area contributed by atoms with Gasteiger partial charge in [-0.1, -0.05) is 11.6 Å². The number of carbonyl (C=O) groups is 2. The minimum absolute atomic E-state index is 0.0165. The molecule has 1 aliphatic rings. The number of halogens is 2. The largest absolute Gasteiger partial charge is 0.493 e. The second-order valence-corrected chi connectivity index (χ2v) is 7.50. The quantitative estimate of drug-likeness (QED) is 0.545. The molecule has 1 amide bonds. The molecule has 1 atom stereocenters. The SMILES string of the molecule is O=C(CC1Sc2ccc(Cl)cc2NC1=O)OCCCOc1ccc(F)cc1. The van der Waals surface area contributed by atoms with Gasteiger partial charge in [0.15, 0.2) is 0 Å². The monoisotopic (exact) mass is 409 g/mol. The zero-order valence-electron chi connectivity index (χ0n) is 14.2. The van der Waals surface area contributed by atoms with Crippen molar-refractivity contribution in [2.24, 2.45) is 0 Å². The summed E-state index contributed by atoms with van der Waals surface area (Å²) in [6.45, 7) is 0.525. The zero-order chi connectivity index (χ0) is 19.2. The van der Waals surface area contributed by atoms with Crippen LogP contribution in [0.15, 0.2) is 47.4 Å². The minimum Gasteiger partial charge on any atom is -0.493 e. The number of fused-ring (bicyclic) bond motifs is 1. The lowest BCUT2D eigenvalue weighted by atomic mass is 10.2. The van der Waals surface area contributed by atoms with Gasteiger partial charge in [0, 0.05) is 16.3 Å². The number of hydrogen-bond acceptors (Lipinski definition) is 5. The average Bonchev–Trinajstić information content (AvgIpc) is 2.64. The predicted molar refractivity (Wildman–Crippen MR) is 102 cm³/mol. The molecule has 5 nitrogen and oxygen atoms in total. The number of thioether (sulfide) groups is 1. The molecule has 0 bridgehead atoms. The van der Waals surface area contributed by atoms with Gasteiger partial charge in [0.05, 0.1) is 30.6 Å². The zero-order valence-corrected chi connectivity index (χ0v) is 15.8. The fourth-order valence-electron chi connectivity index (χ4n) is 2.43. The summed E-state index contributed by atoms with van der Waals surface area (Å²) in [5.41, 5.74) is 0.653. The van der Waals surface area contributed by atoms with E-state index >= 15 is 0 Å². The fourth-order valence-corrected chi connectivity index (χ4v) is 3.68. The maximum Gasteiger partial charge on any atom is 0.307 e. The highest BCUT2D eigenvalue weighted by Crippen LogP contribution is 2.38. The first-order valence-corrected chi connectivity index (χ1v) is 9.58. The molecule has 0 aromatic heterocycles. The summed E-state index contributed by atoms with van der Waals surface area (Å²) in [7, 11) is 0. The van der Waals surface area contributed by atoms with E-state index in [0.717, 1.165) is 4.90 Å². The molecule has 0 radical (unpaired) electrons. The van der Waals surface area contributed by atoms with Crippen LogP contribution in [0, 0.1) is 5.82 Å². The van der Waals surface area contributed by atoms with E-state index in [1.54, 1.807) is 12.1 Å². The van der Waals surface area contributed by atoms with E-state index in [1.807, 2.05) is 6.07 Å². The molecule has 1 aliphatic heterocycles. The van der Waals surface area contributed by atoms with Gasteiger partial charge in [-0.25, -0.2) is 4.39 Å². The van der Waals surface area contributed by atoms with Crippen LogP contribution < -0.4 is 10.1 Å². The summed E-state index contributed by atoms with van der Waals surface area (Å²) in [4.78, 5) is 25.0. The number of rotatable bonds is 7. The first-order valence-electron chi connectivity index (χ1n) is 8.32. The highest BCUT2D eigenvalue weighted by Gasteiger charge is 2.29. The third kappa shape index (κ3) is 5.61. The fraction of sp³-hybridized carbons (Fsp3) is 0.263. The molecule has 3 rings (SSSR count). The minimum atomic E-state index is -0.540. The Morgan fingerprint density at radius 2 is 1.96 bits per heavy atom. The third-order valence-electron chi connectivity index (χ3n) is 3.75. The van der Waals surface area contributed by atoms with Crippen molar-refractivity contribution in [1.29, 1.82) is 0 Å². The van der Waals surface area contributed by atoms with E-state index in [0.29, 0.717) is 29.5 Å². The number of ether oxygens (including phenoxy) is 2. The molecule has 0 fully saturated rings. The second-order valence-electron chi connectivity index (χ2n) is 5.82. The first-order chi connectivity index (χ1) is 13.0. The molecule has 8 heteroatoms. The standard InChI is InChI=1S/C19H17ClFNO4S/c20-12-2-7-16-15(10-12)22-19(24)17(27-16)11-18(23)26-9-1-8-25-14-5-3-13(21)4-6-14/h2-7,10,17H,1,8-9,11H2,(H,22,24). The van der Waals surface area contributed by atoms with Gasteiger partial charge in [0.1, 0.15) is 11.6 Å². The van der Waals surface area contributed by atoms with Crippen molar-refractivity contribution in [1.82, 2.24) is 0 Å². The molecule has 2 aromatic rings. The van der Waals surface area contributed by atoms with Crippen molar-refractivity contribution in [2.75, 3.05) is 18.5 Å². The second kappa shape index (κ2) is 9.10. The molecule has 0 saturated carbocycles. The molecular weight excluding hydrogens is 393 g/mol. The normalized spacial score (nSPS) is 15.6. The number of amides is 1. The summed E-state index contributed by atoms with van der Waals surface area (Å²) < 4.78 is 23.4. The summed E-state index contributed by atoms with van der Waals surface area (Å²) in [5, 5.41) is 2.75. The molecule has 1 N–H and O–H groups in total. The van der Waals surface area contributed by atoms with Gasteiger partial charge in [0.25, 0.3) is 0 Å². The van der Waals surface area contributed by atoms with E-state index in [-0.39, 0.29) is 24.8 Å². The highest BCUT2D eigenvalue weighted by atomic mass is 35.5. The molecule has 142 valence electrons. The molecule has 1 heterocycles. The average molecular weight is 410 g/mol. The summed E-state index contributed by atoms with van der Waals surface area (Å²) in [5.74, 6) is -0.461. The van der Waals surface area contributed by atoms with Gasteiger partial charge in [-0.05, 0) is 42.5 Å². The predicted octanol–water partition coefficient (Wildman–Crippen LogP) is 4.29. The van der Waals surface area contributed by atoms with E-state index < -0.39 is 11.2 Å². The van der Waals surface area contributed by atoms with Crippen LogP contribution >= 0.6 is 23.4 Å². The lowest BCUT2D eigenvalue weighted by molar-refractivity contribution is -0.144. The lowest BCUT2D eigenvalue weighted by Gasteiger charge is -2.23. The maximum atomic E-state index is 12.8. The molecule has 0 spiro atoms. The molecule has 2 aromatic carbocycles. The van der Waals surface area contributed by atoms with Crippen LogP contribution in [0.1, 0.15) is 12.8 Å². The Labute approximate surface area is 165 Å². The maximum absolute atomic E-state index is 12.8. The summed E-state index contributed by atoms with van der Waals surface area (Å²) >= 11 is 7.23. The Morgan fingerprint density at radius 3 is 2.74 bits per heavy atom. The molecular formula is C19H17ClFNO4S. The van der Waals surface area contributed by atoms with Crippen LogP contribution in [0.5, 0.6) is 5.75 Å². The Hall–Kier alpha value is -2.25. The Bertz CT molecular complexity index is 831. The van der Waals surface area contributed by atoms with Crippen molar-refractivity contribution >= 4 is 40.9 Å². The van der Waals surface area contributed by atoms with Crippen LogP contribution in [-0.2, 0) is 14.3 Å². The van der Waals surface area contributed by atoms with Gasteiger partial charge in [0.2, 0.25) is 5.91 Å². The van der Waals surface area contributed by atoms with Crippen LogP contribution in [0.25, 0.3) is 0 Å². The van der Waals surface area contributed by atoms with E-state index in [1.165, 1.54) is 36.0 Å². The third-order valence-corrected chi connectivity index (χ3v) is 5.26. The Kier molecular flexibility index (Phi) is 6.58. The van der Waals surface area contributed by atoms with Gasteiger partial charge >= 0.3 is 5.97 Å². The summed E-state index contributed by atoms with van der Waals surface area (Å²) in [6.07, 6.45) is 0.478. The lowest BCUT2D eigenvalue weighted by Crippen LogP contribution is -2.31. The van der Waals surface area contributed by atoms with Gasteiger partial charge in [-0.2, -0.15) is 0 Å². The van der Waals surface area contributed by atoms with Crippen LogP contribution in [-0.4, -0.2) is 30.3 Å². The number of esters is 1. The van der Waals surface area contributed by atoms with Crippen molar-refractivity contribution < 1.29 is 23.5 Å². The highest BCUT2D eigenvalue weighted by molar-refractivity contribution is 8.01. The van der Waals surface area contributed by atoms with Crippen molar-refractivity contribution in [2.45, 2.75) is 23.0 Å². The number of anilines is 1. The number of hydrogen-bond donors (Lipinski definition) is 1. The van der Waals surface area contributed by atoms with Crippen LogP contribution in [0.3, 0.4) is 0 Å². The van der Waals surface area contributed by atoms with Crippen LogP contribution in [0.2, 0.25) is 5.02 Å². The van der Waals surface area contributed by atoms with Gasteiger partial charge in [-0.3, -0.25) is 9.59 Å². The molecule has 1 unspecified atom stereocenters. The number of carbonyl (C=O) groups excluding carboxylic acids is 2.